The number of anilines is 1. The van der Waals surface area contributed by atoms with Crippen LogP contribution in [0.3, 0.4) is 0 Å². The van der Waals surface area contributed by atoms with Crippen molar-refractivity contribution >= 4 is 39.8 Å². The number of benzene rings is 2. The minimum atomic E-state index is 0.560. The maximum Gasteiger partial charge on any atom is 0.0823 e. The van der Waals surface area contributed by atoms with E-state index in [-0.39, 0.29) is 0 Å². The standard InChI is InChI=1S/C15H12Cl2N2/c16-12-2-1-3-13(15(12)17)19-9-10-4-5-11-6-7-18-14(11)8-10/h1-8,18-19H,9H2. The summed E-state index contributed by atoms with van der Waals surface area (Å²) < 4.78 is 0. The number of aromatic nitrogens is 1. The Balaban J connectivity index is 1.80. The van der Waals surface area contributed by atoms with Gasteiger partial charge >= 0.3 is 0 Å². The molecule has 1 aromatic heterocycles. The third-order valence-electron chi connectivity index (χ3n) is 3.05. The first kappa shape index (κ1) is 12.4. The second kappa shape index (κ2) is 5.16. The number of H-pyrrole nitrogens is 1. The van der Waals surface area contributed by atoms with Gasteiger partial charge in [-0.1, -0.05) is 41.4 Å². The molecule has 2 N–H and O–H groups in total. The van der Waals surface area contributed by atoms with Crippen molar-refractivity contribution in [2.75, 3.05) is 5.32 Å². The number of hydrogen-bond donors (Lipinski definition) is 2. The molecule has 0 aliphatic heterocycles. The molecule has 0 radical (unpaired) electrons. The van der Waals surface area contributed by atoms with Gasteiger partial charge in [0.1, 0.15) is 0 Å². The van der Waals surface area contributed by atoms with Crippen LogP contribution in [0.5, 0.6) is 0 Å². The summed E-state index contributed by atoms with van der Waals surface area (Å²) >= 11 is 12.1. The summed E-state index contributed by atoms with van der Waals surface area (Å²) in [5, 5.41) is 5.63. The van der Waals surface area contributed by atoms with E-state index in [9.17, 15) is 0 Å². The second-order valence-corrected chi connectivity index (χ2v) is 5.14. The summed E-state index contributed by atoms with van der Waals surface area (Å²) in [6, 6.07) is 14.0. The van der Waals surface area contributed by atoms with E-state index in [1.54, 1.807) is 6.07 Å². The lowest BCUT2D eigenvalue weighted by molar-refractivity contribution is 1.15. The molecule has 19 heavy (non-hydrogen) atoms. The highest BCUT2D eigenvalue weighted by Crippen LogP contribution is 2.29. The second-order valence-electron chi connectivity index (χ2n) is 4.35. The summed E-state index contributed by atoms with van der Waals surface area (Å²) in [6.45, 7) is 0.703. The van der Waals surface area contributed by atoms with Gasteiger partial charge in [-0.2, -0.15) is 0 Å². The summed E-state index contributed by atoms with van der Waals surface area (Å²) in [4.78, 5) is 3.20. The molecule has 2 aromatic carbocycles. The Kier molecular flexibility index (Phi) is 3.36. The molecule has 0 aliphatic carbocycles. The van der Waals surface area contributed by atoms with Gasteiger partial charge in [0, 0.05) is 18.3 Å². The number of nitrogens with one attached hydrogen (secondary N) is 2. The lowest BCUT2D eigenvalue weighted by atomic mass is 10.1. The van der Waals surface area contributed by atoms with Gasteiger partial charge in [-0.25, -0.2) is 0 Å². The van der Waals surface area contributed by atoms with E-state index in [1.165, 1.54) is 10.9 Å². The fraction of sp³-hybridized carbons (Fsp3) is 0.0667. The Bertz CT molecular complexity index is 719. The van der Waals surface area contributed by atoms with Crippen LogP contribution in [0.2, 0.25) is 10.0 Å². The van der Waals surface area contributed by atoms with E-state index < -0.39 is 0 Å². The number of fused-ring (bicyclic) bond motifs is 1. The molecular formula is C15H12Cl2N2. The number of hydrogen-bond acceptors (Lipinski definition) is 1. The summed E-state index contributed by atoms with van der Waals surface area (Å²) in [7, 11) is 0. The molecule has 0 saturated carbocycles. The highest BCUT2D eigenvalue weighted by molar-refractivity contribution is 6.43. The monoisotopic (exact) mass is 290 g/mol. The molecule has 2 nitrogen and oxygen atoms in total. The quantitative estimate of drug-likeness (QED) is 0.691. The molecule has 0 aliphatic rings. The fourth-order valence-electron chi connectivity index (χ4n) is 2.04. The highest BCUT2D eigenvalue weighted by Gasteiger charge is 2.04. The molecule has 0 saturated heterocycles. The van der Waals surface area contributed by atoms with Gasteiger partial charge in [0.25, 0.3) is 0 Å². The van der Waals surface area contributed by atoms with Gasteiger partial charge in [-0.3, -0.25) is 0 Å². The Morgan fingerprint density at radius 2 is 1.95 bits per heavy atom. The average Bonchev–Trinajstić information content (AvgIpc) is 2.88. The first-order valence-corrected chi connectivity index (χ1v) is 6.73. The van der Waals surface area contributed by atoms with Crippen molar-refractivity contribution < 1.29 is 0 Å². The van der Waals surface area contributed by atoms with Crippen LogP contribution in [0.25, 0.3) is 10.9 Å². The van der Waals surface area contributed by atoms with Crippen molar-refractivity contribution in [2.24, 2.45) is 0 Å². The van der Waals surface area contributed by atoms with E-state index in [0.717, 1.165) is 11.2 Å². The van der Waals surface area contributed by atoms with Crippen molar-refractivity contribution in [3.05, 3.63) is 64.3 Å². The zero-order chi connectivity index (χ0) is 13.2. The topological polar surface area (TPSA) is 27.8 Å². The average molecular weight is 291 g/mol. The number of halogens is 2. The molecule has 3 aromatic rings. The van der Waals surface area contributed by atoms with Gasteiger partial charge in [0.2, 0.25) is 0 Å². The third kappa shape index (κ3) is 2.55. The van der Waals surface area contributed by atoms with Crippen molar-refractivity contribution in [3.63, 3.8) is 0 Å². The van der Waals surface area contributed by atoms with Crippen LogP contribution in [0, 0.1) is 0 Å². The van der Waals surface area contributed by atoms with Crippen LogP contribution in [-0.4, -0.2) is 4.98 Å². The largest absolute Gasteiger partial charge is 0.380 e. The molecule has 0 atom stereocenters. The van der Waals surface area contributed by atoms with Crippen LogP contribution < -0.4 is 5.32 Å². The highest BCUT2D eigenvalue weighted by atomic mass is 35.5. The van der Waals surface area contributed by atoms with E-state index >= 15 is 0 Å². The normalized spacial score (nSPS) is 10.8. The van der Waals surface area contributed by atoms with E-state index in [0.29, 0.717) is 16.6 Å². The molecule has 3 rings (SSSR count). The molecule has 0 amide bonds. The third-order valence-corrected chi connectivity index (χ3v) is 3.87. The van der Waals surface area contributed by atoms with Crippen LogP contribution in [0.15, 0.2) is 48.7 Å². The van der Waals surface area contributed by atoms with Crippen molar-refractivity contribution in [2.45, 2.75) is 6.54 Å². The van der Waals surface area contributed by atoms with Crippen molar-refractivity contribution in [1.29, 1.82) is 0 Å². The minimum absolute atomic E-state index is 0.560. The zero-order valence-electron chi connectivity index (χ0n) is 10.1. The lowest BCUT2D eigenvalue weighted by Crippen LogP contribution is -1.99. The molecule has 0 bridgehead atoms. The predicted molar refractivity (Wildman–Crippen MR) is 82.1 cm³/mol. The van der Waals surface area contributed by atoms with Gasteiger partial charge < -0.3 is 10.3 Å². The Labute approximate surface area is 121 Å². The lowest BCUT2D eigenvalue weighted by Gasteiger charge is -2.09. The first-order chi connectivity index (χ1) is 9.24. The van der Waals surface area contributed by atoms with Crippen LogP contribution >= 0.6 is 23.2 Å². The number of rotatable bonds is 3. The van der Waals surface area contributed by atoms with Crippen molar-refractivity contribution in [1.82, 2.24) is 4.98 Å². The van der Waals surface area contributed by atoms with Gasteiger partial charge in [-0.05, 0) is 35.2 Å². The molecule has 0 fully saturated rings. The number of aromatic amines is 1. The molecular weight excluding hydrogens is 279 g/mol. The maximum atomic E-state index is 6.14. The molecule has 1 heterocycles. The van der Waals surface area contributed by atoms with Gasteiger partial charge in [0.05, 0.1) is 15.7 Å². The Morgan fingerprint density at radius 1 is 1.05 bits per heavy atom. The maximum absolute atomic E-state index is 6.14. The summed E-state index contributed by atoms with van der Waals surface area (Å²) in [5.74, 6) is 0. The van der Waals surface area contributed by atoms with Gasteiger partial charge in [-0.15, -0.1) is 0 Å². The van der Waals surface area contributed by atoms with Gasteiger partial charge in [0.15, 0.2) is 0 Å². The van der Waals surface area contributed by atoms with Crippen LogP contribution in [-0.2, 0) is 6.54 Å². The molecule has 0 unspecified atom stereocenters. The summed E-state index contributed by atoms with van der Waals surface area (Å²) in [5.41, 5.74) is 3.17. The smallest absolute Gasteiger partial charge is 0.0823 e. The first-order valence-electron chi connectivity index (χ1n) is 5.98. The van der Waals surface area contributed by atoms with Crippen LogP contribution in [0.1, 0.15) is 5.56 Å². The van der Waals surface area contributed by atoms with Crippen molar-refractivity contribution in [3.8, 4) is 0 Å². The molecule has 0 spiro atoms. The SMILES string of the molecule is Clc1cccc(NCc2ccc3cc[nH]c3c2)c1Cl. The zero-order valence-corrected chi connectivity index (χ0v) is 11.6. The van der Waals surface area contributed by atoms with E-state index in [4.69, 9.17) is 23.2 Å². The minimum Gasteiger partial charge on any atom is -0.380 e. The van der Waals surface area contributed by atoms with Crippen LogP contribution in [0.4, 0.5) is 5.69 Å². The predicted octanol–water partition coefficient (Wildman–Crippen LogP) is 5.09. The Morgan fingerprint density at radius 3 is 2.84 bits per heavy atom. The van der Waals surface area contributed by atoms with E-state index in [2.05, 4.69) is 34.6 Å². The molecule has 4 heteroatoms. The van der Waals surface area contributed by atoms with E-state index in [1.807, 2.05) is 18.3 Å². The Hall–Kier alpha value is -1.64. The molecule has 96 valence electrons. The summed E-state index contributed by atoms with van der Waals surface area (Å²) in [6.07, 6.45) is 1.94. The fourth-order valence-corrected chi connectivity index (χ4v) is 2.41.